The summed E-state index contributed by atoms with van der Waals surface area (Å²) in [6.45, 7) is 5.75. The summed E-state index contributed by atoms with van der Waals surface area (Å²) in [6, 6.07) is 6.71. The second kappa shape index (κ2) is 8.61. The van der Waals surface area contributed by atoms with Crippen LogP contribution in [0.3, 0.4) is 0 Å². The van der Waals surface area contributed by atoms with Crippen LogP contribution in [-0.4, -0.2) is 67.4 Å². The summed E-state index contributed by atoms with van der Waals surface area (Å²) >= 11 is 0.486. The third-order valence-electron chi connectivity index (χ3n) is 3.96. The first kappa shape index (κ1) is 18.2. The first-order valence-electron chi connectivity index (χ1n) is 7.58. The standard InChI is InChI=1S/C16H22F2N2O2S/c1-12(11-22-2)19-7-9-20(10-8-19)15(21)13-3-5-14(6-4-13)23-16(17)18/h3-6,12,16H,7-11H2,1-2H3/t12-/m1/s1. The predicted octanol–water partition coefficient (Wildman–Crippen LogP) is 2.79. The molecule has 1 atom stereocenters. The number of nitrogens with zero attached hydrogens (tertiary/aromatic N) is 2. The number of methoxy groups -OCH3 is 1. The number of carbonyl (C=O) groups excluding carboxylic acids is 1. The van der Waals surface area contributed by atoms with Crippen LogP contribution in [0.15, 0.2) is 29.2 Å². The monoisotopic (exact) mass is 344 g/mol. The van der Waals surface area contributed by atoms with Crippen LogP contribution in [-0.2, 0) is 4.74 Å². The fourth-order valence-electron chi connectivity index (χ4n) is 2.67. The van der Waals surface area contributed by atoms with E-state index in [1.54, 1.807) is 31.4 Å². The average Bonchev–Trinajstić information content (AvgIpc) is 2.55. The molecule has 0 radical (unpaired) electrons. The molecule has 1 aromatic rings. The van der Waals surface area contributed by atoms with Crippen molar-refractivity contribution < 1.29 is 18.3 Å². The Morgan fingerprint density at radius 3 is 2.35 bits per heavy atom. The number of thioether (sulfide) groups is 1. The maximum Gasteiger partial charge on any atom is 0.288 e. The molecule has 0 aliphatic carbocycles. The number of hydrogen-bond donors (Lipinski definition) is 0. The van der Waals surface area contributed by atoms with E-state index < -0.39 is 5.76 Å². The Kier molecular flexibility index (Phi) is 6.80. The number of ether oxygens (including phenoxy) is 1. The zero-order valence-electron chi connectivity index (χ0n) is 13.4. The number of piperazine rings is 1. The number of amides is 1. The highest BCUT2D eigenvalue weighted by molar-refractivity contribution is 7.99. The highest BCUT2D eigenvalue weighted by atomic mass is 32.2. The van der Waals surface area contributed by atoms with Gasteiger partial charge in [-0.2, -0.15) is 8.78 Å². The minimum Gasteiger partial charge on any atom is -0.383 e. The van der Waals surface area contributed by atoms with Crippen molar-refractivity contribution >= 4 is 17.7 Å². The number of alkyl halides is 2. The maximum absolute atomic E-state index is 12.5. The van der Waals surface area contributed by atoms with Gasteiger partial charge in [-0.1, -0.05) is 11.8 Å². The number of rotatable bonds is 6. The van der Waals surface area contributed by atoms with Crippen molar-refractivity contribution in [3.8, 4) is 0 Å². The summed E-state index contributed by atoms with van der Waals surface area (Å²) in [5.74, 6) is -2.49. The van der Waals surface area contributed by atoms with Crippen molar-refractivity contribution in [1.29, 1.82) is 0 Å². The van der Waals surface area contributed by atoms with Crippen molar-refractivity contribution in [3.63, 3.8) is 0 Å². The van der Waals surface area contributed by atoms with Gasteiger partial charge >= 0.3 is 0 Å². The molecule has 2 rings (SSSR count). The van der Waals surface area contributed by atoms with Gasteiger partial charge in [0.2, 0.25) is 0 Å². The summed E-state index contributed by atoms with van der Waals surface area (Å²) in [5, 5.41) is 0. The van der Waals surface area contributed by atoms with E-state index in [9.17, 15) is 13.6 Å². The van der Waals surface area contributed by atoms with Crippen molar-refractivity contribution in [2.45, 2.75) is 23.6 Å². The Bertz CT molecular complexity index is 505. The van der Waals surface area contributed by atoms with Crippen LogP contribution in [0.4, 0.5) is 8.78 Å². The van der Waals surface area contributed by atoms with Crippen LogP contribution >= 0.6 is 11.8 Å². The van der Waals surface area contributed by atoms with E-state index in [2.05, 4.69) is 11.8 Å². The fraction of sp³-hybridized carbons (Fsp3) is 0.562. The molecule has 1 heterocycles. The Hall–Kier alpha value is -1.18. The molecule has 0 bridgehead atoms. The predicted molar refractivity (Wildman–Crippen MR) is 87.1 cm³/mol. The average molecular weight is 344 g/mol. The topological polar surface area (TPSA) is 32.8 Å². The first-order valence-corrected chi connectivity index (χ1v) is 8.46. The van der Waals surface area contributed by atoms with Crippen molar-refractivity contribution in [2.75, 3.05) is 39.9 Å². The molecule has 1 aromatic carbocycles. The Morgan fingerprint density at radius 1 is 1.22 bits per heavy atom. The molecule has 0 saturated carbocycles. The SMILES string of the molecule is COC[C@@H](C)N1CCN(C(=O)c2ccc(SC(F)F)cc2)CC1. The largest absolute Gasteiger partial charge is 0.383 e. The smallest absolute Gasteiger partial charge is 0.288 e. The van der Waals surface area contributed by atoms with E-state index >= 15 is 0 Å². The molecule has 4 nitrogen and oxygen atoms in total. The van der Waals surface area contributed by atoms with Crippen LogP contribution in [0.1, 0.15) is 17.3 Å². The minimum absolute atomic E-state index is 0.0439. The summed E-state index contributed by atoms with van der Waals surface area (Å²) in [5.41, 5.74) is 0.544. The molecule has 7 heteroatoms. The number of hydrogen-bond acceptors (Lipinski definition) is 4. The van der Waals surface area contributed by atoms with E-state index in [0.717, 1.165) is 13.1 Å². The van der Waals surface area contributed by atoms with Crippen LogP contribution in [0.5, 0.6) is 0 Å². The molecule has 1 aliphatic heterocycles. The number of carbonyl (C=O) groups is 1. The molecule has 0 unspecified atom stereocenters. The van der Waals surface area contributed by atoms with Gasteiger partial charge in [0.1, 0.15) is 0 Å². The summed E-state index contributed by atoms with van der Waals surface area (Å²) in [6.07, 6.45) is 0. The minimum atomic E-state index is -2.45. The summed E-state index contributed by atoms with van der Waals surface area (Å²) in [4.78, 5) is 17.0. The van der Waals surface area contributed by atoms with E-state index in [4.69, 9.17) is 4.74 Å². The molecule has 1 aliphatic rings. The lowest BCUT2D eigenvalue weighted by Crippen LogP contribution is -2.52. The van der Waals surface area contributed by atoms with Crippen LogP contribution in [0, 0.1) is 0 Å². The van der Waals surface area contributed by atoms with E-state index in [1.807, 2.05) is 4.90 Å². The van der Waals surface area contributed by atoms with Crippen LogP contribution < -0.4 is 0 Å². The molecular formula is C16H22F2N2O2S. The van der Waals surface area contributed by atoms with Crippen LogP contribution in [0.2, 0.25) is 0 Å². The zero-order chi connectivity index (χ0) is 16.8. The molecule has 1 amide bonds. The van der Waals surface area contributed by atoms with Gasteiger partial charge in [-0.25, -0.2) is 0 Å². The van der Waals surface area contributed by atoms with Gasteiger partial charge in [0.05, 0.1) is 6.61 Å². The van der Waals surface area contributed by atoms with Crippen LogP contribution in [0.25, 0.3) is 0 Å². The third kappa shape index (κ3) is 5.16. The highest BCUT2D eigenvalue weighted by Crippen LogP contribution is 2.25. The lowest BCUT2D eigenvalue weighted by molar-refractivity contribution is 0.0449. The first-order chi connectivity index (χ1) is 11.0. The highest BCUT2D eigenvalue weighted by Gasteiger charge is 2.24. The second-order valence-electron chi connectivity index (χ2n) is 5.54. The molecule has 23 heavy (non-hydrogen) atoms. The molecule has 0 spiro atoms. The lowest BCUT2D eigenvalue weighted by Gasteiger charge is -2.37. The van der Waals surface area contributed by atoms with E-state index in [-0.39, 0.29) is 5.91 Å². The van der Waals surface area contributed by atoms with Gasteiger partial charge in [0.25, 0.3) is 11.7 Å². The summed E-state index contributed by atoms with van der Waals surface area (Å²) < 4.78 is 29.8. The quantitative estimate of drug-likeness (QED) is 0.743. The Balaban J connectivity index is 1.89. The number of halogens is 2. The van der Waals surface area contributed by atoms with Gasteiger partial charge < -0.3 is 9.64 Å². The van der Waals surface area contributed by atoms with E-state index in [0.29, 0.717) is 48.0 Å². The zero-order valence-corrected chi connectivity index (χ0v) is 14.2. The molecule has 128 valence electrons. The van der Waals surface area contributed by atoms with Gasteiger partial charge in [-0.05, 0) is 31.2 Å². The fourth-order valence-corrected chi connectivity index (χ4v) is 3.17. The second-order valence-corrected chi connectivity index (χ2v) is 6.60. The van der Waals surface area contributed by atoms with Gasteiger partial charge in [-0.3, -0.25) is 9.69 Å². The van der Waals surface area contributed by atoms with E-state index in [1.165, 1.54) is 0 Å². The molecule has 0 N–H and O–H groups in total. The van der Waals surface area contributed by atoms with Crippen molar-refractivity contribution in [1.82, 2.24) is 9.80 Å². The summed E-state index contributed by atoms with van der Waals surface area (Å²) in [7, 11) is 1.69. The molecule has 1 fully saturated rings. The van der Waals surface area contributed by atoms with Gasteiger partial charge in [-0.15, -0.1) is 0 Å². The third-order valence-corrected chi connectivity index (χ3v) is 4.68. The molecule has 0 aromatic heterocycles. The normalized spacial score (nSPS) is 17.5. The molecule has 1 saturated heterocycles. The lowest BCUT2D eigenvalue weighted by atomic mass is 10.1. The van der Waals surface area contributed by atoms with Gasteiger partial charge in [0, 0.05) is 49.8 Å². The Labute approximate surface area is 139 Å². The van der Waals surface area contributed by atoms with Crippen molar-refractivity contribution in [2.24, 2.45) is 0 Å². The Morgan fingerprint density at radius 2 is 1.83 bits per heavy atom. The molecular weight excluding hydrogens is 322 g/mol. The van der Waals surface area contributed by atoms with Crippen molar-refractivity contribution in [3.05, 3.63) is 29.8 Å². The maximum atomic E-state index is 12.5. The number of benzene rings is 1. The van der Waals surface area contributed by atoms with Gasteiger partial charge in [0.15, 0.2) is 0 Å².